The summed E-state index contributed by atoms with van der Waals surface area (Å²) in [6.45, 7) is 7.64. The molecule has 0 spiro atoms. The van der Waals surface area contributed by atoms with Gasteiger partial charge in [0.2, 0.25) is 0 Å². The average molecular weight is 663 g/mol. The van der Waals surface area contributed by atoms with Crippen LogP contribution in [0.4, 0.5) is 0 Å². The van der Waals surface area contributed by atoms with Gasteiger partial charge in [-0.1, -0.05) is 60.7 Å². The van der Waals surface area contributed by atoms with Gasteiger partial charge in [0.25, 0.3) is 0 Å². The first-order chi connectivity index (χ1) is 23.3. The number of carbonyl (C=O) groups excluding carboxylic acids is 5. The molecule has 0 heterocycles. The van der Waals surface area contributed by atoms with E-state index in [4.69, 9.17) is 14.2 Å². The van der Waals surface area contributed by atoms with Crippen molar-refractivity contribution in [3.05, 3.63) is 137 Å². The number of ether oxygens (including phenoxy) is 3. The number of rotatable bonds is 8. The number of hydrogen-bond acceptors (Lipinski definition) is 8. The Hall–Kier alpha value is -5.89. The van der Waals surface area contributed by atoms with Crippen molar-refractivity contribution in [1.82, 2.24) is 0 Å². The van der Waals surface area contributed by atoms with Crippen LogP contribution < -0.4 is 14.2 Å². The van der Waals surface area contributed by atoms with Gasteiger partial charge in [0.05, 0.1) is 21.3 Å². The van der Waals surface area contributed by atoms with Crippen LogP contribution >= 0.6 is 0 Å². The Morgan fingerprint density at radius 1 is 0.367 bits per heavy atom. The van der Waals surface area contributed by atoms with Gasteiger partial charge in [0.15, 0.2) is 40.4 Å². The highest BCUT2D eigenvalue weighted by Crippen LogP contribution is 2.24. The third-order valence-corrected chi connectivity index (χ3v) is 7.14. The summed E-state index contributed by atoms with van der Waals surface area (Å²) < 4.78 is 15.0. The van der Waals surface area contributed by atoms with Gasteiger partial charge in [-0.15, -0.1) is 0 Å². The smallest absolute Gasteiger partial charge is 0.160 e. The lowest BCUT2D eigenvalue weighted by Crippen LogP contribution is -1.95. The highest BCUT2D eigenvalue weighted by Gasteiger charge is 2.04. The second kappa shape index (κ2) is 19.7. The average Bonchev–Trinajstić information content (AvgIpc) is 3.11. The fraction of sp³-hybridized carbons (Fsp3) is 0.195. The first-order valence-corrected chi connectivity index (χ1v) is 15.3. The van der Waals surface area contributed by atoms with E-state index in [9.17, 15) is 24.0 Å². The van der Waals surface area contributed by atoms with Crippen molar-refractivity contribution in [2.24, 2.45) is 0 Å². The zero-order valence-electron chi connectivity index (χ0n) is 29.2. The predicted octanol–water partition coefficient (Wildman–Crippen LogP) is 8.94. The van der Waals surface area contributed by atoms with Crippen molar-refractivity contribution in [2.75, 3.05) is 21.3 Å². The molecule has 8 nitrogen and oxygen atoms in total. The van der Waals surface area contributed by atoms with Crippen LogP contribution in [-0.4, -0.2) is 50.2 Å². The maximum Gasteiger partial charge on any atom is 0.160 e. The third kappa shape index (κ3) is 12.7. The lowest BCUT2D eigenvalue weighted by Gasteiger charge is -2.04. The number of fused-ring (bicyclic) bond motifs is 1. The van der Waals surface area contributed by atoms with Gasteiger partial charge in [-0.3, -0.25) is 24.0 Å². The number of ketones is 5. The number of benzene rings is 5. The Bertz CT molecular complexity index is 1780. The summed E-state index contributed by atoms with van der Waals surface area (Å²) in [5.74, 6) is 2.53. The zero-order valence-corrected chi connectivity index (χ0v) is 29.2. The molecular weight excluding hydrogens is 620 g/mol. The summed E-state index contributed by atoms with van der Waals surface area (Å²) in [5, 5.41) is 1.97. The molecule has 0 saturated heterocycles. The van der Waals surface area contributed by atoms with E-state index < -0.39 is 0 Å². The highest BCUT2D eigenvalue weighted by atomic mass is 16.5. The minimum absolute atomic E-state index is 0.0186. The molecule has 0 fully saturated rings. The molecule has 0 aliphatic rings. The molecule has 0 saturated carbocycles. The molecule has 5 aromatic rings. The Morgan fingerprint density at radius 3 is 0.918 bits per heavy atom. The molecule has 0 bridgehead atoms. The monoisotopic (exact) mass is 662 g/mol. The Morgan fingerprint density at radius 2 is 0.653 bits per heavy atom. The first-order valence-electron chi connectivity index (χ1n) is 15.3. The molecule has 0 aliphatic carbocycles. The van der Waals surface area contributed by atoms with Gasteiger partial charge in [0, 0.05) is 27.8 Å². The molecular formula is C41H42O8. The number of Topliss-reactive ketones (excluding diaryl/α,β-unsaturated/α-hetero) is 5. The molecule has 0 aliphatic heterocycles. The van der Waals surface area contributed by atoms with E-state index in [1.165, 1.54) is 13.8 Å². The van der Waals surface area contributed by atoms with Crippen LogP contribution in [0, 0.1) is 0 Å². The number of para-hydroxylation sites is 2. The lowest BCUT2D eigenvalue weighted by molar-refractivity contribution is 0.100. The van der Waals surface area contributed by atoms with Crippen molar-refractivity contribution in [3.63, 3.8) is 0 Å². The van der Waals surface area contributed by atoms with E-state index >= 15 is 0 Å². The molecule has 5 rings (SSSR count). The normalized spacial score (nSPS) is 9.63. The van der Waals surface area contributed by atoms with Gasteiger partial charge in [-0.05, 0) is 93.9 Å². The summed E-state index contributed by atoms with van der Waals surface area (Å²) in [6.07, 6.45) is 0. The van der Waals surface area contributed by atoms with Crippen molar-refractivity contribution in [2.45, 2.75) is 34.6 Å². The standard InChI is InChI=1S/C14H12O2.C10H10O2.C9H10O2.C8H10O2/c1-9(15)11-3-5-14-8-12(10(2)16)4-6-13(14)7-11;1-7(11)9-3-5-10(6-4-9)8(2)12;1-7(10)8-3-5-9(11-2)6-4-8;1-9-7-5-3-4-6-8(7)10-2/h3-8H,1-2H3;3-6H,1-2H3;3-6H,1-2H3;3-6H,1-2H3. The summed E-state index contributed by atoms with van der Waals surface area (Å²) in [7, 11) is 4.85. The molecule has 8 heteroatoms. The van der Waals surface area contributed by atoms with Gasteiger partial charge < -0.3 is 14.2 Å². The Labute approximate surface area is 287 Å². The number of hydrogen-bond donors (Lipinski definition) is 0. The van der Waals surface area contributed by atoms with E-state index in [0.717, 1.165) is 28.0 Å². The van der Waals surface area contributed by atoms with E-state index in [0.29, 0.717) is 27.8 Å². The molecule has 0 amide bonds. The van der Waals surface area contributed by atoms with E-state index in [1.807, 2.05) is 48.5 Å². The van der Waals surface area contributed by atoms with Crippen molar-refractivity contribution < 1.29 is 38.2 Å². The van der Waals surface area contributed by atoms with Crippen molar-refractivity contribution >= 4 is 39.7 Å². The maximum atomic E-state index is 11.2. The SMILES string of the molecule is CC(=O)c1ccc(C(C)=O)cc1.CC(=O)c1ccc2cc(C(C)=O)ccc2c1.COc1ccc(C(C)=O)cc1.COc1ccccc1OC. The van der Waals surface area contributed by atoms with Crippen LogP contribution in [0.3, 0.4) is 0 Å². The largest absolute Gasteiger partial charge is 0.497 e. The van der Waals surface area contributed by atoms with Gasteiger partial charge in [-0.2, -0.15) is 0 Å². The third-order valence-electron chi connectivity index (χ3n) is 7.14. The summed E-state index contributed by atoms with van der Waals surface area (Å²) in [4.78, 5) is 54.9. The van der Waals surface area contributed by atoms with Gasteiger partial charge in [0.1, 0.15) is 5.75 Å². The van der Waals surface area contributed by atoms with Crippen molar-refractivity contribution in [3.8, 4) is 17.2 Å². The van der Waals surface area contributed by atoms with E-state index in [-0.39, 0.29) is 28.9 Å². The zero-order chi connectivity index (χ0) is 36.5. The number of methoxy groups -OCH3 is 3. The maximum absolute atomic E-state index is 11.2. The van der Waals surface area contributed by atoms with Crippen LogP contribution in [0.25, 0.3) is 10.8 Å². The molecule has 0 radical (unpaired) electrons. The fourth-order valence-electron chi connectivity index (χ4n) is 4.24. The van der Waals surface area contributed by atoms with Gasteiger partial charge in [-0.25, -0.2) is 0 Å². The molecule has 0 aromatic heterocycles. The van der Waals surface area contributed by atoms with E-state index in [2.05, 4.69) is 0 Å². The van der Waals surface area contributed by atoms with Crippen LogP contribution in [0.2, 0.25) is 0 Å². The molecule has 0 unspecified atom stereocenters. The Balaban J connectivity index is 0.000000231. The second-order valence-electron chi connectivity index (χ2n) is 10.7. The molecule has 5 aromatic carbocycles. The van der Waals surface area contributed by atoms with Crippen LogP contribution in [-0.2, 0) is 0 Å². The summed E-state index contributed by atoms with van der Waals surface area (Å²) in [6, 6.07) is 32.3. The topological polar surface area (TPSA) is 113 Å². The minimum Gasteiger partial charge on any atom is -0.497 e. The molecule has 0 N–H and O–H groups in total. The second-order valence-corrected chi connectivity index (χ2v) is 10.7. The van der Waals surface area contributed by atoms with E-state index in [1.54, 1.807) is 103 Å². The number of carbonyl (C=O) groups is 5. The molecule has 0 atom stereocenters. The molecule has 49 heavy (non-hydrogen) atoms. The Kier molecular flexibility index (Phi) is 15.8. The lowest BCUT2D eigenvalue weighted by atomic mass is 10.0. The van der Waals surface area contributed by atoms with Crippen LogP contribution in [0.1, 0.15) is 86.4 Å². The summed E-state index contributed by atoms with van der Waals surface area (Å²) >= 11 is 0. The fourth-order valence-corrected chi connectivity index (χ4v) is 4.24. The van der Waals surface area contributed by atoms with Gasteiger partial charge >= 0.3 is 0 Å². The molecule has 254 valence electrons. The summed E-state index contributed by atoms with van der Waals surface area (Å²) in [5.41, 5.74) is 3.39. The van der Waals surface area contributed by atoms with Crippen molar-refractivity contribution in [1.29, 1.82) is 0 Å². The first kappa shape index (κ1) is 39.3. The quantitative estimate of drug-likeness (QED) is 0.151. The predicted molar refractivity (Wildman–Crippen MR) is 193 cm³/mol. The van der Waals surface area contributed by atoms with Crippen LogP contribution in [0.15, 0.2) is 109 Å². The highest BCUT2D eigenvalue weighted by molar-refractivity contribution is 6.02. The van der Waals surface area contributed by atoms with Crippen LogP contribution in [0.5, 0.6) is 17.2 Å². The minimum atomic E-state index is 0.0186.